The van der Waals surface area contributed by atoms with Crippen molar-refractivity contribution in [3.05, 3.63) is 29.3 Å². The van der Waals surface area contributed by atoms with Crippen LogP contribution in [0.4, 0.5) is 5.69 Å². The summed E-state index contributed by atoms with van der Waals surface area (Å²) in [5.74, 6) is -0.998. The highest BCUT2D eigenvalue weighted by molar-refractivity contribution is 5.93. The second-order valence-corrected chi connectivity index (χ2v) is 6.94. The van der Waals surface area contributed by atoms with Gasteiger partial charge < -0.3 is 20.5 Å². The van der Waals surface area contributed by atoms with Crippen LogP contribution < -0.4 is 15.7 Å². The van der Waals surface area contributed by atoms with Crippen LogP contribution in [-0.2, 0) is 9.59 Å². The van der Waals surface area contributed by atoms with Gasteiger partial charge >= 0.3 is 0 Å². The van der Waals surface area contributed by atoms with E-state index in [1.54, 1.807) is 5.32 Å². The number of quaternary nitrogens is 1. The van der Waals surface area contributed by atoms with Crippen LogP contribution >= 0.6 is 0 Å². The Balaban J connectivity index is 2.58. The number of carboxylic acids is 1. The maximum absolute atomic E-state index is 12.2. The predicted octanol–water partition coefficient (Wildman–Crippen LogP) is 1.53. The van der Waals surface area contributed by atoms with Gasteiger partial charge in [-0.15, -0.1) is 0 Å². The van der Waals surface area contributed by atoms with Crippen molar-refractivity contribution < 1.29 is 20.0 Å². The monoisotopic (exact) mass is 348 g/mol. The lowest BCUT2D eigenvalue weighted by atomic mass is 9.99. The molecule has 0 aliphatic carbocycles. The van der Waals surface area contributed by atoms with E-state index in [1.165, 1.54) is 0 Å². The molecule has 0 saturated carbocycles. The third-order valence-corrected chi connectivity index (χ3v) is 4.51. The van der Waals surface area contributed by atoms with Crippen molar-refractivity contribution in [2.45, 2.75) is 65.8 Å². The van der Waals surface area contributed by atoms with Crippen LogP contribution in [0.1, 0.15) is 57.1 Å². The first-order valence-corrected chi connectivity index (χ1v) is 9.28. The van der Waals surface area contributed by atoms with Crippen molar-refractivity contribution in [3.8, 4) is 0 Å². The van der Waals surface area contributed by atoms with Crippen LogP contribution in [0.5, 0.6) is 0 Å². The first-order valence-electron chi connectivity index (χ1n) is 9.28. The van der Waals surface area contributed by atoms with Gasteiger partial charge in [0.05, 0.1) is 18.9 Å². The Morgan fingerprint density at radius 3 is 2.32 bits per heavy atom. The van der Waals surface area contributed by atoms with E-state index in [4.69, 9.17) is 0 Å². The lowest BCUT2D eigenvalue weighted by Crippen LogP contribution is -2.94. The van der Waals surface area contributed by atoms with E-state index in [0.717, 1.165) is 36.8 Å². The van der Waals surface area contributed by atoms with Gasteiger partial charge in [-0.2, -0.15) is 0 Å². The molecule has 0 unspecified atom stereocenters. The molecule has 2 atom stereocenters. The Kier molecular flexibility index (Phi) is 9.21. The quantitative estimate of drug-likeness (QED) is 0.636. The minimum absolute atomic E-state index is 0.0838. The number of hydrogen-bond donors (Lipinski definition) is 2. The first-order chi connectivity index (χ1) is 11.8. The van der Waals surface area contributed by atoms with Crippen molar-refractivity contribution >= 4 is 17.6 Å². The third kappa shape index (κ3) is 8.16. The van der Waals surface area contributed by atoms with Crippen LogP contribution in [0.15, 0.2) is 18.2 Å². The number of aryl methyl sites for hydroxylation is 2. The number of rotatable bonds is 11. The zero-order valence-electron chi connectivity index (χ0n) is 15.9. The summed E-state index contributed by atoms with van der Waals surface area (Å²) in [4.78, 5) is 23.6. The minimum Gasteiger partial charge on any atom is -0.544 e. The summed E-state index contributed by atoms with van der Waals surface area (Å²) < 4.78 is 0. The Bertz CT molecular complexity index is 552. The van der Waals surface area contributed by atoms with E-state index in [1.807, 2.05) is 32.0 Å². The number of carbonyl (C=O) groups excluding carboxylic acids is 2. The maximum atomic E-state index is 12.2. The van der Waals surface area contributed by atoms with Crippen LogP contribution in [-0.4, -0.2) is 24.5 Å². The number of carbonyl (C=O) groups is 2. The molecule has 0 fully saturated rings. The number of benzene rings is 1. The predicted molar refractivity (Wildman–Crippen MR) is 98.1 cm³/mol. The van der Waals surface area contributed by atoms with Gasteiger partial charge in [0.1, 0.15) is 6.04 Å². The zero-order chi connectivity index (χ0) is 18.8. The summed E-state index contributed by atoms with van der Waals surface area (Å²) in [5, 5.41) is 15.9. The average Bonchev–Trinajstić information content (AvgIpc) is 2.52. The molecule has 0 aromatic heterocycles. The van der Waals surface area contributed by atoms with E-state index in [-0.39, 0.29) is 12.3 Å². The minimum atomic E-state index is -1.18. The summed E-state index contributed by atoms with van der Waals surface area (Å²) in [6.45, 7) is 8.90. The van der Waals surface area contributed by atoms with E-state index >= 15 is 0 Å². The van der Waals surface area contributed by atoms with Crippen molar-refractivity contribution in [2.24, 2.45) is 5.92 Å². The number of unbranched alkanes of at least 4 members (excludes halogenated alkanes) is 1. The average molecular weight is 348 g/mol. The van der Waals surface area contributed by atoms with Gasteiger partial charge in [-0.05, 0) is 49.9 Å². The Labute approximate surface area is 151 Å². The molecule has 0 bridgehead atoms. The maximum Gasteiger partial charge on any atom is 0.230 e. The molecule has 0 aliphatic rings. The summed E-state index contributed by atoms with van der Waals surface area (Å²) in [5.41, 5.74) is 2.81. The Morgan fingerprint density at radius 2 is 1.80 bits per heavy atom. The molecule has 1 amide bonds. The molecule has 25 heavy (non-hydrogen) atoms. The van der Waals surface area contributed by atoms with E-state index in [0.29, 0.717) is 18.2 Å². The van der Waals surface area contributed by atoms with Gasteiger partial charge in [-0.3, -0.25) is 4.79 Å². The van der Waals surface area contributed by atoms with E-state index in [9.17, 15) is 14.7 Å². The number of anilines is 1. The lowest BCUT2D eigenvalue weighted by Gasteiger charge is -2.20. The van der Waals surface area contributed by atoms with E-state index in [2.05, 4.69) is 19.2 Å². The Morgan fingerprint density at radius 1 is 1.16 bits per heavy atom. The van der Waals surface area contributed by atoms with Gasteiger partial charge in [0.25, 0.3) is 0 Å². The van der Waals surface area contributed by atoms with Crippen molar-refractivity contribution in [3.63, 3.8) is 0 Å². The molecule has 3 N–H and O–H groups in total. The van der Waals surface area contributed by atoms with Gasteiger partial charge in [0.2, 0.25) is 5.91 Å². The third-order valence-electron chi connectivity index (χ3n) is 4.51. The van der Waals surface area contributed by atoms with Crippen LogP contribution in [0.25, 0.3) is 0 Å². The first kappa shape index (κ1) is 21.2. The number of aliphatic carboxylic acids is 1. The smallest absolute Gasteiger partial charge is 0.230 e. The highest BCUT2D eigenvalue weighted by Gasteiger charge is 2.20. The summed E-state index contributed by atoms with van der Waals surface area (Å²) >= 11 is 0. The fourth-order valence-corrected chi connectivity index (χ4v) is 3.06. The van der Waals surface area contributed by atoms with Crippen LogP contribution in [0.3, 0.4) is 0 Å². The summed E-state index contributed by atoms with van der Waals surface area (Å²) in [6.07, 6.45) is 4.32. The Hall–Kier alpha value is -1.88. The zero-order valence-corrected chi connectivity index (χ0v) is 15.9. The number of nitrogens with one attached hydrogen (secondary N) is 1. The van der Waals surface area contributed by atoms with Gasteiger partial charge in [0, 0.05) is 11.6 Å². The molecule has 5 heteroatoms. The molecule has 0 spiro atoms. The fourth-order valence-electron chi connectivity index (χ4n) is 3.06. The second-order valence-electron chi connectivity index (χ2n) is 6.94. The highest BCUT2D eigenvalue weighted by Crippen LogP contribution is 2.14. The normalized spacial score (nSPS) is 13.3. The largest absolute Gasteiger partial charge is 0.544 e. The molecule has 0 heterocycles. The topological polar surface area (TPSA) is 85.8 Å². The van der Waals surface area contributed by atoms with E-state index < -0.39 is 12.0 Å². The molecule has 0 aliphatic heterocycles. The summed E-state index contributed by atoms with van der Waals surface area (Å²) in [6, 6.07) is 4.93. The second kappa shape index (κ2) is 10.9. The number of nitrogens with two attached hydrogens (primary N) is 1. The lowest BCUT2D eigenvalue weighted by molar-refractivity contribution is -0.687. The van der Waals surface area contributed by atoms with Gasteiger partial charge in [-0.25, -0.2) is 0 Å². The fraction of sp³-hybridized carbons (Fsp3) is 0.600. The van der Waals surface area contributed by atoms with Crippen molar-refractivity contribution in [1.29, 1.82) is 0 Å². The molecule has 1 aromatic rings. The van der Waals surface area contributed by atoms with Gasteiger partial charge in [-0.1, -0.05) is 32.8 Å². The van der Waals surface area contributed by atoms with Gasteiger partial charge in [0.15, 0.2) is 0 Å². The molecular formula is C20H32N2O3. The van der Waals surface area contributed by atoms with Crippen molar-refractivity contribution in [1.82, 2.24) is 0 Å². The highest BCUT2D eigenvalue weighted by atomic mass is 16.4. The SMILES string of the molecule is CCCC[C@H](CC)C[NH2+][C@@H](CC(=O)Nc1cc(C)cc(C)c1)C(=O)[O-]. The molecule has 5 nitrogen and oxygen atoms in total. The number of carboxylic acid groups (broad SMARTS) is 1. The molecule has 1 rings (SSSR count). The standard InChI is InChI=1S/C20H32N2O3/c1-5-7-8-16(6-2)13-21-18(20(24)25)12-19(23)22-17-10-14(3)9-15(4)11-17/h9-11,16,18,21H,5-8,12-13H2,1-4H3,(H,22,23)(H,24,25)/t16-,18-/m0/s1. The van der Waals surface area contributed by atoms with Crippen LogP contribution in [0, 0.1) is 19.8 Å². The molecular weight excluding hydrogens is 316 g/mol. The van der Waals surface area contributed by atoms with Crippen molar-refractivity contribution in [2.75, 3.05) is 11.9 Å². The molecule has 0 radical (unpaired) electrons. The van der Waals surface area contributed by atoms with Crippen LogP contribution in [0.2, 0.25) is 0 Å². The summed E-state index contributed by atoms with van der Waals surface area (Å²) in [7, 11) is 0. The molecule has 140 valence electrons. The number of amides is 1. The molecule has 1 aromatic carbocycles. The number of hydrogen-bond acceptors (Lipinski definition) is 3. The molecule has 0 saturated heterocycles.